The lowest BCUT2D eigenvalue weighted by Crippen LogP contribution is -2.27. The summed E-state index contributed by atoms with van der Waals surface area (Å²) in [4.78, 5) is 0. The van der Waals surface area contributed by atoms with E-state index in [4.69, 9.17) is 55.9 Å². The first kappa shape index (κ1) is 17.4. The Morgan fingerprint density at radius 3 is 1.53 bits per heavy atom. The van der Waals surface area contributed by atoms with Gasteiger partial charge in [0, 0.05) is 29.1 Å². The Morgan fingerprint density at radius 2 is 1.16 bits per heavy atom. The minimum absolute atomic E-state index is 0.292. The molecule has 19 heavy (non-hydrogen) atoms. The summed E-state index contributed by atoms with van der Waals surface area (Å²) in [6, 6.07) is 9.54. The Hall–Kier alpha value is 0.300. The zero-order valence-corrected chi connectivity index (χ0v) is 13.3. The highest BCUT2D eigenvalue weighted by Crippen LogP contribution is 2.24. The van der Waals surface area contributed by atoms with Crippen LogP contribution >= 0.6 is 46.4 Å². The van der Waals surface area contributed by atoms with Gasteiger partial charge in [0.1, 0.15) is 0 Å². The Kier molecular flexibility index (Phi) is 9.21. The molecule has 0 radical (unpaired) electrons. The smallest absolute Gasteiger partial charge is 0.184 e. The predicted octanol–water partition coefficient (Wildman–Crippen LogP) is 4.41. The van der Waals surface area contributed by atoms with Gasteiger partial charge in [-0.3, -0.25) is 0 Å². The average Bonchev–Trinajstić information content (AvgIpc) is 2.48. The van der Waals surface area contributed by atoms with Gasteiger partial charge in [-0.1, -0.05) is 30.3 Å². The van der Waals surface area contributed by atoms with E-state index < -0.39 is 6.29 Å². The summed E-state index contributed by atoms with van der Waals surface area (Å²) < 4.78 is 11.5. The number of rotatable bonds is 9. The Balaban J connectivity index is 2.78. The van der Waals surface area contributed by atoms with E-state index in [2.05, 4.69) is 0 Å². The Morgan fingerprint density at radius 1 is 0.737 bits per heavy atom. The van der Waals surface area contributed by atoms with Crippen molar-refractivity contribution in [3.8, 4) is 0 Å². The number of ether oxygens (including phenoxy) is 2. The maximum Gasteiger partial charge on any atom is 0.184 e. The van der Waals surface area contributed by atoms with Crippen molar-refractivity contribution >= 4 is 46.4 Å². The fraction of sp³-hybridized carbons (Fsp3) is 0.538. The van der Waals surface area contributed by atoms with Crippen molar-refractivity contribution < 1.29 is 9.47 Å². The monoisotopic (exact) mass is 344 g/mol. The zero-order chi connectivity index (χ0) is 14.1. The lowest BCUT2D eigenvalue weighted by molar-refractivity contribution is -0.182. The predicted molar refractivity (Wildman–Crippen MR) is 81.8 cm³/mol. The van der Waals surface area contributed by atoms with Crippen LogP contribution in [-0.4, -0.2) is 35.7 Å². The second kappa shape index (κ2) is 10.1. The van der Waals surface area contributed by atoms with Crippen molar-refractivity contribution in [3.63, 3.8) is 0 Å². The summed E-state index contributed by atoms with van der Waals surface area (Å²) in [7, 11) is 0. The molecule has 2 nitrogen and oxygen atoms in total. The zero-order valence-electron chi connectivity index (χ0n) is 10.3. The van der Waals surface area contributed by atoms with E-state index in [1.54, 1.807) is 0 Å². The topological polar surface area (TPSA) is 18.5 Å². The first-order valence-corrected chi connectivity index (χ1v) is 7.98. The first-order chi connectivity index (χ1) is 9.24. The minimum Gasteiger partial charge on any atom is -0.343 e. The molecule has 0 saturated heterocycles. The SMILES string of the molecule is ClCC(CCl)OC(OC(CCl)CCl)c1ccccc1. The van der Waals surface area contributed by atoms with Crippen molar-refractivity contribution in [2.24, 2.45) is 0 Å². The van der Waals surface area contributed by atoms with Gasteiger partial charge < -0.3 is 9.47 Å². The van der Waals surface area contributed by atoms with Gasteiger partial charge >= 0.3 is 0 Å². The highest BCUT2D eigenvalue weighted by Gasteiger charge is 2.21. The molecule has 1 rings (SSSR count). The highest BCUT2D eigenvalue weighted by molar-refractivity contribution is 6.21. The minimum atomic E-state index is -0.578. The van der Waals surface area contributed by atoms with Gasteiger partial charge in [-0.2, -0.15) is 0 Å². The Bertz CT molecular complexity index is 315. The van der Waals surface area contributed by atoms with E-state index in [9.17, 15) is 0 Å². The molecule has 0 heterocycles. The fourth-order valence-corrected chi connectivity index (χ4v) is 2.33. The van der Waals surface area contributed by atoms with Gasteiger partial charge in [0.15, 0.2) is 6.29 Å². The van der Waals surface area contributed by atoms with Crippen LogP contribution in [0.2, 0.25) is 0 Å². The van der Waals surface area contributed by atoms with Crippen LogP contribution in [0, 0.1) is 0 Å². The average molecular weight is 346 g/mol. The number of halogens is 4. The van der Waals surface area contributed by atoms with Crippen molar-refractivity contribution in [3.05, 3.63) is 35.9 Å². The molecule has 0 saturated carbocycles. The van der Waals surface area contributed by atoms with Gasteiger partial charge in [0.2, 0.25) is 0 Å². The van der Waals surface area contributed by atoms with Gasteiger partial charge in [0.25, 0.3) is 0 Å². The number of alkyl halides is 4. The van der Waals surface area contributed by atoms with Crippen LogP contribution < -0.4 is 0 Å². The van der Waals surface area contributed by atoms with Crippen LogP contribution in [0.3, 0.4) is 0 Å². The molecule has 0 N–H and O–H groups in total. The maximum atomic E-state index is 5.79. The third kappa shape index (κ3) is 6.07. The standard InChI is InChI=1S/C13H16Cl4O2/c14-6-11(7-15)18-13(19-12(8-16)9-17)10-4-2-1-3-5-10/h1-5,11-13H,6-9H2. The molecule has 0 fully saturated rings. The summed E-state index contributed by atoms with van der Waals surface area (Å²) in [6.45, 7) is 0. The number of benzene rings is 1. The van der Waals surface area contributed by atoms with Crippen molar-refractivity contribution in [2.45, 2.75) is 18.5 Å². The van der Waals surface area contributed by atoms with E-state index >= 15 is 0 Å². The van der Waals surface area contributed by atoms with Crippen molar-refractivity contribution in [1.82, 2.24) is 0 Å². The van der Waals surface area contributed by atoms with Crippen molar-refractivity contribution in [2.75, 3.05) is 23.5 Å². The molecule has 1 aromatic carbocycles. The molecule has 6 heteroatoms. The second-order valence-corrected chi connectivity index (χ2v) is 5.11. The van der Waals surface area contributed by atoms with Gasteiger partial charge in [-0.05, 0) is 0 Å². The van der Waals surface area contributed by atoms with Crippen LogP contribution in [0.25, 0.3) is 0 Å². The Labute approximate surface area is 133 Å². The maximum absolute atomic E-state index is 5.79. The molecular formula is C13H16Cl4O2. The van der Waals surface area contributed by atoms with Gasteiger partial charge in [-0.15, -0.1) is 46.4 Å². The van der Waals surface area contributed by atoms with Gasteiger partial charge in [-0.25, -0.2) is 0 Å². The molecule has 0 unspecified atom stereocenters. The molecule has 108 valence electrons. The lowest BCUT2D eigenvalue weighted by atomic mass is 10.2. The highest BCUT2D eigenvalue weighted by atomic mass is 35.5. The number of hydrogen-bond acceptors (Lipinski definition) is 2. The molecule has 1 aromatic rings. The summed E-state index contributed by atoms with van der Waals surface area (Å²) in [5.74, 6) is 1.18. The summed E-state index contributed by atoms with van der Waals surface area (Å²) in [5, 5.41) is 0. The van der Waals surface area contributed by atoms with Crippen LogP contribution in [0.4, 0.5) is 0 Å². The van der Waals surface area contributed by atoms with Crippen LogP contribution in [0.1, 0.15) is 11.9 Å². The lowest BCUT2D eigenvalue weighted by Gasteiger charge is -2.26. The molecule has 0 bridgehead atoms. The third-order valence-electron chi connectivity index (χ3n) is 2.39. The molecular weight excluding hydrogens is 330 g/mol. The summed E-state index contributed by atoms with van der Waals surface area (Å²) >= 11 is 23.1. The normalized spacial score (nSPS) is 11.7. The van der Waals surface area contributed by atoms with Crippen LogP contribution in [-0.2, 0) is 9.47 Å². The molecule has 0 aromatic heterocycles. The van der Waals surface area contributed by atoms with E-state index in [-0.39, 0.29) is 12.2 Å². The van der Waals surface area contributed by atoms with Crippen molar-refractivity contribution in [1.29, 1.82) is 0 Å². The van der Waals surface area contributed by atoms with E-state index in [0.29, 0.717) is 23.5 Å². The molecule has 0 aliphatic heterocycles. The van der Waals surface area contributed by atoms with E-state index in [0.717, 1.165) is 5.56 Å². The molecule has 0 aliphatic rings. The molecule has 0 atom stereocenters. The van der Waals surface area contributed by atoms with Crippen LogP contribution in [0.5, 0.6) is 0 Å². The molecule has 0 aliphatic carbocycles. The number of hydrogen-bond donors (Lipinski definition) is 0. The van der Waals surface area contributed by atoms with E-state index in [1.807, 2.05) is 30.3 Å². The van der Waals surface area contributed by atoms with Gasteiger partial charge in [0.05, 0.1) is 12.2 Å². The second-order valence-electron chi connectivity index (χ2n) is 3.88. The third-order valence-corrected chi connectivity index (χ3v) is 3.77. The largest absolute Gasteiger partial charge is 0.343 e. The molecule has 0 spiro atoms. The first-order valence-electron chi connectivity index (χ1n) is 5.84. The fourth-order valence-electron chi connectivity index (χ4n) is 1.38. The summed E-state index contributed by atoms with van der Waals surface area (Å²) in [6.07, 6.45) is -1.16. The van der Waals surface area contributed by atoms with Crippen LogP contribution in [0.15, 0.2) is 30.3 Å². The van der Waals surface area contributed by atoms with E-state index in [1.165, 1.54) is 0 Å². The summed E-state index contributed by atoms with van der Waals surface area (Å²) in [5.41, 5.74) is 0.878. The quantitative estimate of drug-likeness (QED) is 0.487. The molecule has 0 amide bonds.